The van der Waals surface area contributed by atoms with E-state index in [0.717, 1.165) is 24.8 Å². The molecule has 2 heterocycles. The number of nitrogens with one attached hydrogen (secondary N) is 1. The molecule has 2 aliphatic heterocycles. The van der Waals surface area contributed by atoms with Crippen LogP contribution in [0.1, 0.15) is 19.8 Å². The van der Waals surface area contributed by atoms with Crippen molar-refractivity contribution in [1.82, 2.24) is 15.1 Å². The van der Waals surface area contributed by atoms with Crippen molar-refractivity contribution in [3.8, 4) is 0 Å². The average Bonchev–Trinajstić information content (AvgIpc) is 2.40. The monoisotopic (exact) mass is 270 g/mol. The second kappa shape index (κ2) is 6.78. The molecule has 0 aromatic carbocycles. The Balaban J connectivity index is 1.85. The molecule has 2 rings (SSSR count). The van der Waals surface area contributed by atoms with Gasteiger partial charge < -0.3 is 10.2 Å². The molecule has 0 radical (unpaired) electrons. The van der Waals surface area contributed by atoms with E-state index in [0.29, 0.717) is 12.1 Å². The maximum atomic E-state index is 4.79. The molecular formula is C13H26N4S. The zero-order valence-corrected chi connectivity index (χ0v) is 12.7. The Morgan fingerprint density at radius 3 is 3.00 bits per heavy atom. The van der Waals surface area contributed by atoms with Gasteiger partial charge in [0.05, 0.1) is 6.54 Å². The highest BCUT2D eigenvalue weighted by Crippen LogP contribution is 2.16. The fourth-order valence-electron chi connectivity index (χ4n) is 2.47. The number of nitrogens with zero attached hydrogens (tertiary/aromatic N) is 3. The smallest absolute Gasteiger partial charge is 0.156 e. The Labute approximate surface area is 115 Å². The molecule has 2 unspecified atom stereocenters. The van der Waals surface area contributed by atoms with Crippen LogP contribution in [-0.2, 0) is 0 Å². The van der Waals surface area contributed by atoms with Gasteiger partial charge in [-0.15, -0.1) is 0 Å². The highest BCUT2D eigenvalue weighted by Gasteiger charge is 2.22. The van der Waals surface area contributed by atoms with E-state index in [2.05, 4.69) is 36.1 Å². The molecule has 0 spiro atoms. The number of piperazine rings is 1. The van der Waals surface area contributed by atoms with E-state index >= 15 is 0 Å². The normalized spacial score (nSPS) is 33.6. The van der Waals surface area contributed by atoms with Crippen LogP contribution in [0.5, 0.6) is 0 Å². The maximum absolute atomic E-state index is 4.79. The average molecular weight is 270 g/mol. The minimum absolute atomic E-state index is 0.570. The molecule has 0 aromatic rings. The van der Waals surface area contributed by atoms with E-state index in [1.807, 2.05) is 11.8 Å². The van der Waals surface area contributed by atoms with Gasteiger partial charge in [-0.05, 0) is 26.9 Å². The van der Waals surface area contributed by atoms with Crippen LogP contribution in [0, 0.1) is 0 Å². The third-order valence-electron chi connectivity index (χ3n) is 3.95. The zero-order chi connectivity index (χ0) is 13.0. The van der Waals surface area contributed by atoms with Crippen molar-refractivity contribution in [2.75, 3.05) is 46.0 Å². The highest BCUT2D eigenvalue weighted by atomic mass is 32.2. The zero-order valence-electron chi connectivity index (χ0n) is 11.9. The van der Waals surface area contributed by atoms with Crippen molar-refractivity contribution in [1.29, 1.82) is 0 Å². The van der Waals surface area contributed by atoms with Crippen LogP contribution in [0.15, 0.2) is 4.99 Å². The van der Waals surface area contributed by atoms with E-state index in [1.54, 1.807) is 0 Å². The standard InChI is InChI=1S/C13H26N4S/c1-4-11-5-8-18-13(15-11)14-9-12-10-16(2)6-7-17(12)3/h11-12H,4-10H2,1-3H3,(H,14,15). The molecule has 4 nitrogen and oxygen atoms in total. The number of hydrogen-bond donors (Lipinski definition) is 1. The molecule has 18 heavy (non-hydrogen) atoms. The fraction of sp³-hybridized carbons (Fsp3) is 0.923. The SMILES string of the molecule is CCC1CCSC(=NCC2CN(C)CCN2C)N1. The highest BCUT2D eigenvalue weighted by molar-refractivity contribution is 8.13. The molecule has 1 N–H and O–H groups in total. The first-order valence-corrected chi connectivity index (χ1v) is 8.00. The number of likely N-dealkylation sites (N-methyl/N-ethyl adjacent to an activating group) is 2. The van der Waals surface area contributed by atoms with Gasteiger partial charge in [0.25, 0.3) is 0 Å². The number of thioether (sulfide) groups is 1. The van der Waals surface area contributed by atoms with Crippen molar-refractivity contribution >= 4 is 16.9 Å². The predicted octanol–water partition coefficient (Wildman–Crippen LogP) is 1.09. The van der Waals surface area contributed by atoms with Crippen LogP contribution in [-0.4, -0.2) is 73.1 Å². The molecule has 0 saturated carbocycles. The molecule has 0 bridgehead atoms. The van der Waals surface area contributed by atoms with E-state index in [9.17, 15) is 0 Å². The van der Waals surface area contributed by atoms with E-state index in [-0.39, 0.29) is 0 Å². The molecule has 0 aliphatic carbocycles. The van der Waals surface area contributed by atoms with Gasteiger partial charge >= 0.3 is 0 Å². The summed E-state index contributed by atoms with van der Waals surface area (Å²) < 4.78 is 0. The minimum atomic E-state index is 0.570. The van der Waals surface area contributed by atoms with Crippen LogP contribution in [0.4, 0.5) is 0 Å². The molecular weight excluding hydrogens is 244 g/mol. The second-order valence-corrected chi connectivity index (χ2v) is 6.51. The lowest BCUT2D eigenvalue weighted by molar-refractivity contribution is 0.119. The summed E-state index contributed by atoms with van der Waals surface area (Å²) in [6.45, 7) is 6.63. The summed E-state index contributed by atoms with van der Waals surface area (Å²) in [7, 11) is 4.42. The van der Waals surface area contributed by atoms with E-state index < -0.39 is 0 Å². The number of aliphatic imine (C=N–C) groups is 1. The van der Waals surface area contributed by atoms with Crippen LogP contribution in [0.2, 0.25) is 0 Å². The first kappa shape index (κ1) is 14.2. The molecule has 0 amide bonds. The van der Waals surface area contributed by atoms with Gasteiger partial charge in [-0.1, -0.05) is 18.7 Å². The summed E-state index contributed by atoms with van der Waals surface area (Å²) in [5.74, 6) is 1.21. The number of amidine groups is 1. The van der Waals surface area contributed by atoms with Crippen molar-refractivity contribution in [2.45, 2.75) is 31.8 Å². The quantitative estimate of drug-likeness (QED) is 0.832. The lowest BCUT2D eigenvalue weighted by atomic mass is 10.2. The van der Waals surface area contributed by atoms with Gasteiger partial charge in [-0.25, -0.2) is 0 Å². The van der Waals surface area contributed by atoms with Gasteiger partial charge in [0.15, 0.2) is 5.17 Å². The summed E-state index contributed by atoms with van der Waals surface area (Å²) in [4.78, 5) is 9.63. The van der Waals surface area contributed by atoms with Gasteiger partial charge in [0.1, 0.15) is 0 Å². The van der Waals surface area contributed by atoms with Crippen molar-refractivity contribution in [3.05, 3.63) is 0 Å². The topological polar surface area (TPSA) is 30.9 Å². The Morgan fingerprint density at radius 1 is 1.39 bits per heavy atom. The molecule has 104 valence electrons. The van der Waals surface area contributed by atoms with Crippen molar-refractivity contribution in [2.24, 2.45) is 4.99 Å². The number of rotatable bonds is 3. The van der Waals surface area contributed by atoms with Gasteiger partial charge in [-0.2, -0.15) is 0 Å². The molecule has 5 heteroatoms. The third kappa shape index (κ3) is 3.87. The summed E-state index contributed by atoms with van der Waals surface area (Å²) in [6, 6.07) is 1.21. The molecule has 0 aromatic heterocycles. The Bertz CT molecular complexity index is 295. The Kier molecular flexibility index (Phi) is 5.33. The predicted molar refractivity (Wildman–Crippen MR) is 80.5 cm³/mol. The largest absolute Gasteiger partial charge is 0.362 e. The fourth-order valence-corrected chi connectivity index (χ4v) is 3.48. The summed E-state index contributed by atoms with van der Waals surface area (Å²) >= 11 is 1.88. The number of hydrogen-bond acceptors (Lipinski definition) is 4. The first-order valence-electron chi connectivity index (χ1n) is 7.01. The Hall–Kier alpha value is -0.260. The van der Waals surface area contributed by atoms with E-state index in [4.69, 9.17) is 4.99 Å². The lowest BCUT2D eigenvalue weighted by Crippen LogP contribution is -2.51. The Morgan fingerprint density at radius 2 is 2.22 bits per heavy atom. The van der Waals surface area contributed by atoms with Crippen molar-refractivity contribution in [3.63, 3.8) is 0 Å². The van der Waals surface area contributed by atoms with Crippen LogP contribution < -0.4 is 5.32 Å². The summed E-state index contributed by atoms with van der Waals surface area (Å²) in [5, 5.41) is 4.71. The minimum Gasteiger partial charge on any atom is -0.362 e. The van der Waals surface area contributed by atoms with Crippen molar-refractivity contribution < 1.29 is 0 Å². The molecule has 2 aliphatic rings. The summed E-state index contributed by atoms with van der Waals surface area (Å²) in [6.07, 6.45) is 2.47. The third-order valence-corrected chi connectivity index (χ3v) is 4.91. The second-order valence-electron chi connectivity index (χ2n) is 5.43. The van der Waals surface area contributed by atoms with Gasteiger partial charge in [0.2, 0.25) is 0 Å². The summed E-state index contributed by atoms with van der Waals surface area (Å²) in [5.41, 5.74) is 0. The molecule has 2 fully saturated rings. The van der Waals surface area contributed by atoms with Gasteiger partial charge in [-0.3, -0.25) is 9.89 Å². The van der Waals surface area contributed by atoms with Gasteiger partial charge in [0, 0.05) is 37.5 Å². The molecule has 2 saturated heterocycles. The van der Waals surface area contributed by atoms with Crippen LogP contribution in [0.25, 0.3) is 0 Å². The van der Waals surface area contributed by atoms with E-state index in [1.165, 1.54) is 25.1 Å². The molecule has 2 atom stereocenters. The lowest BCUT2D eigenvalue weighted by Gasteiger charge is -2.37. The van der Waals surface area contributed by atoms with Crippen LogP contribution >= 0.6 is 11.8 Å². The maximum Gasteiger partial charge on any atom is 0.156 e. The first-order chi connectivity index (χ1) is 8.69. The van der Waals surface area contributed by atoms with Crippen LogP contribution in [0.3, 0.4) is 0 Å².